The van der Waals surface area contributed by atoms with Gasteiger partial charge in [-0.2, -0.15) is 0 Å². The van der Waals surface area contributed by atoms with Crippen molar-refractivity contribution < 1.29 is 9.13 Å². The van der Waals surface area contributed by atoms with Crippen molar-refractivity contribution in [3.63, 3.8) is 0 Å². The van der Waals surface area contributed by atoms with Crippen molar-refractivity contribution in [1.29, 1.82) is 0 Å². The minimum absolute atomic E-state index is 0.895. The van der Waals surface area contributed by atoms with Gasteiger partial charge >= 0.3 is 0 Å². The molecule has 0 unspecified atom stereocenters. The summed E-state index contributed by atoms with van der Waals surface area (Å²) in [7, 11) is 0. The first-order valence-corrected chi connectivity index (χ1v) is 11.5. The molecular weight excluding hydrogens is 388 g/mol. The molecule has 0 bridgehead atoms. The molecule has 0 aliphatic rings. The summed E-state index contributed by atoms with van der Waals surface area (Å²) in [5.74, 6) is 13.2. The zero-order chi connectivity index (χ0) is 22.8. The number of rotatable bonds is 6. The summed E-state index contributed by atoms with van der Waals surface area (Å²) in [5.41, 5.74) is 7.31. The molecule has 0 amide bonds. The van der Waals surface area contributed by atoms with Gasteiger partial charge in [0.05, 0.1) is 0 Å². The van der Waals surface area contributed by atoms with Crippen molar-refractivity contribution >= 4 is 0 Å². The van der Waals surface area contributed by atoms with Gasteiger partial charge in [-0.15, -0.1) is 0 Å². The lowest BCUT2D eigenvalue weighted by atomic mass is 10.1. The highest BCUT2D eigenvalue weighted by molar-refractivity contribution is 5.43. The molecule has 0 aliphatic carbocycles. The molecule has 0 saturated heterocycles. The van der Waals surface area contributed by atoms with Gasteiger partial charge < -0.3 is 0 Å². The third-order valence-electron chi connectivity index (χ3n) is 5.54. The summed E-state index contributed by atoms with van der Waals surface area (Å²) in [6.07, 6.45) is 8.24. The van der Waals surface area contributed by atoms with Crippen LogP contribution in [0.1, 0.15) is 59.3 Å². The van der Waals surface area contributed by atoms with Crippen LogP contribution in [0, 0.1) is 51.4 Å². The number of nitrogens with zero attached hydrogens (tertiary/aromatic N) is 2. The summed E-state index contributed by atoms with van der Waals surface area (Å²) >= 11 is 0. The van der Waals surface area contributed by atoms with Gasteiger partial charge in [0.1, 0.15) is 13.1 Å². The summed E-state index contributed by atoms with van der Waals surface area (Å²) in [6, 6.07) is 17.0. The Balaban J connectivity index is 1.45. The van der Waals surface area contributed by atoms with Crippen LogP contribution in [0.5, 0.6) is 0 Å². The molecule has 0 aliphatic heterocycles. The molecule has 1 aromatic carbocycles. The number of aryl methyl sites for hydroxylation is 6. The quantitative estimate of drug-likeness (QED) is 0.295. The van der Waals surface area contributed by atoms with Crippen LogP contribution in [0.4, 0.5) is 0 Å². The average molecular weight is 423 g/mol. The van der Waals surface area contributed by atoms with E-state index in [1.165, 1.54) is 22.5 Å². The van der Waals surface area contributed by atoms with Crippen LogP contribution in [0.15, 0.2) is 60.9 Å². The maximum absolute atomic E-state index is 3.32. The smallest absolute Gasteiger partial charge is 0.178 e. The van der Waals surface area contributed by atoms with E-state index in [1.54, 1.807) is 0 Å². The second-order valence-corrected chi connectivity index (χ2v) is 8.47. The van der Waals surface area contributed by atoms with Gasteiger partial charge in [0.2, 0.25) is 0 Å². The molecular formula is C30H34N2+2. The number of aromatic nitrogens is 2. The standard InChI is InChI=1S/C30H34N2/c1-25-16-20-31(27(3)22-25)18-9-5-7-12-29-14-11-15-30(24-29)13-8-6-10-19-32-21-17-26(2)23-28(32)4/h11,14-17,20-24H,5-6,9-10,18-19H2,1-4H3/q+2. The molecule has 32 heavy (non-hydrogen) atoms. The lowest BCUT2D eigenvalue weighted by Gasteiger charge is -2.00. The van der Waals surface area contributed by atoms with Crippen molar-refractivity contribution in [2.45, 2.75) is 66.5 Å². The molecule has 0 fully saturated rings. The van der Waals surface area contributed by atoms with Gasteiger partial charge in [-0.1, -0.05) is 29.7 Å². The third kappa shape index (κ3) is 7.40. The number of unbranched alkanes of at least 4 members (excludes halogenated alkanes) is 2. The van der Waals surface area contributed by atoms with Gasteiger partial charge in [0, 0.05) is 74.9 Å². The highest BCUT2D eigenvalue weighted by atomic mass is 14.9. The molecule has 3 rings (SSSR count). The minimum atomic E-state index is 0.895. The Morgan fingerprint density at radius 2 is 1.09 bits per heavy atom. The van der Waals surface area contributed by atoms with E-state index in [0.717, 1.165) is 49.9 Å². The molecule has 2 aromatic heterocycles. The van der Waals surface area contributed by atoms with E-state index in [0.29, 0.717) is 0 Å². The monoisotopic (exact) mass is 422 g/mol. The van der Waals surface area contributed by atoms with Crippen LogP contribution in [0.3, 0.4) is 0 Å². The van der Waals surface area contributed by atoms with Crippen molar-refractivity contribution in [2.75, 3.05) is 0 Å². The first-order valence-electron chi connectivity index (χ1n) is 11.5. The number of pyridine rings is 2. The molecule has 0 atom stereocenters. The third-order valence-corrected chi connectivity index (χ3v) is 5.54. The lowest BCUT2D eigenvalue weighted by Crippen LogP contribution is -2.36. The maximum Gasteiger partial charge on any atom is 0.178 e. The van der Waals surface area contributed by atoms with Gasteiger partial charge in [-0.05, 0) is 43.2 Å². The molecule has 2 heteroatoms. The summed E-state index contributed by atoms with van der Waals surface area (Å²) < 4.78 is 4.59. The molecule has 0 N–H and O–H groups in total. The topological polar surface area (TPSA) is 7.76 Å². The average Bonchev–Trinajstić information content (AvgIpc) is 2.76. The molecule has 3 aromatic rings. The zero-order valence-electron chi connectivity index (χ0n) is 19.9. The fraction of sp³-hybridized carbons (Fsp3) is 0.333. The van der Waals surface area contributed by atoms with Crippen LogP contribution >= 0.6 is 0 Å². The van der Waals surface area contributed by atoms with E-state index in [2.05, 4.69) is 115 Å². The van der Waals surface area contributed by atoms with E-state index in [9.17, 15) is 0 Å². The Morgan fingerprint density at radius 3 is 1.53 bits per heavy atom. The second-order valence-electron chi connectivity index (χ2n) is 8.47. The highest BCUT2D eigenvalue weighted by Crippen LogP contribution is 2.04. The number of hydrogen-bond acceptors (Lipinski definition) is 0. The van der Waals surface area contributed by atoms with E-state index >= 15 is 0 Å². The number of benzene rings is 1. The minimum Gasteiger partial charge on any atom is -0.203 e. The van der Waals surface area contributed by atoms with Gasteiger partial charge in [-0.3, -0.25) is 0 Å². The van der Waals surface area contributed by atoms with Crippen molar-refractivity contribution in [2.24, 2.45) is 0 Å². The predicted octanol–water partition coefficient (Wildman–Crippen LogP) is 5.16. The maximum atomic E-state index is 3.32. The Bertz CT molecular complexity index is 1090. The van der Waals surface area contributed by atoms with Crippen molar-refractivity contribution in [1.82, 2.24) is 0 Å². The molecule has 162 valence electrons. The van der Waals surface area contributed by atoms with Gasteiger partial charge in [0.15, 0.2) is 23.8 Å². The SMILES string of the molecule is Cc1cc[n+](CCCC#Cc2cccc(C#CCCC[n+]3ccc(C)cc3C)c2)c(C)c1. The fourth-order valence-electron chi connectivity index (χ4n) is 3.75. The first-order chi connectivity index (χ1) is 15.5. The summed E-state index contributed by atoms with van der Waals surface area (Å²) in [4.78, 5) is 0. The molecule has 0 radical (unpaired) electrons. The molecule has 2 nitrogen and oxygen atoms in total. The van der Waals surface area contributed by atoms with Crippen LogP contribution in [0.2, 0.25) is 0 Å². The first kappa shape index (κ1) is 23.3. The summed E-state index contributed by atoms with van der Waals surface area (Å²) in [6.45, 7) is 10.6. The Kier molecular flexibility index (Phi) is 8.65. The molecule has 2 heterocycles. The van der Waals surface area contributed by atoms with Crippen molar-refractivity contribution in [3.8, 4) is 23.7 Å². The molecule has 0 spiro atoms. The van der Waals surface area contributed by atoms with Crippen LogP contribution in [0.25, 0.3) is 0 Å². The van der Waals surface area contributed by atoms with Gasteiger partial charge in [0.25, 0.3) is 0 Å². The Hall–Kier alpha value is -3.36. The number of hydrogen-bond donors (Lipinski definition) is 0. The van der Waals surface area contributed by atoms with Crippen LogP contribution in [-0.4, -0.2) is 0 Å². The summed E-state index contributed by atoms with van der Waals surface area (Å²) in [5, 5.41) is 0. The predicted molar refractivity (Wildman–Crippen MR) is 131 cm³/mol. The zero-order valence-corrected chi connectivity index (χ0v) is 19.9. The van der Waals surface area contributed by atoms with Crippen LogP contribution < -0.4 is 9.13 Å². The fourth-order valence-corrected chi connectivity index (χ4v) is 3.75. The van der Waals surface area contributed by atoms with Crippen LogP contribution in [-0.2, 0) is 13.1 Å². The van der Waals surface area contributed by atoms with E-state index in [-0.39, 0.29) is 0 Å². The normalized spacial score (nSPS) is 10.1. The van der Waals surface area contributed by atoms with Gasteiger partial charge in [-0.25, -0.2) is 9.13 Å². The largest absolute Gasteiger partial charge is 0.203 e. The molecule has 0 saturated carbocycles. The highest BCUT2D eigenvalue weighted by Gasteiger charge is 2.05. The second kappa shape index (κ2) is 11.9. The van der Waals surface area contributed by atoms with Crippen molar-refractivity contribution in [3.05, 3.63) is 94.6 Å². The Labute approximate surface area is 194 Å². The lowest BCUT2D eigenvalue weighted by molar-refractivity contribution is -0.703. The van der Waals surface area contributed by atoms with E-state index in [4.69, 9.17) is 0 Å². The Morgan fingerprint density at radius 1 is 0.625 bits per heavy atom. The van der Waals surface area contributed by atoms with E-state index < -0.39 is 0 Å². The van der Waals surface area contributed by atoms with E-state index in [1.807, 2.05) is 6.07 Å².